The lowest BCUT2D eigenvalue weighted by Crippen LogP contribution is -2.26. The SMILES string of the molecule is C[C@H](NC(=O)c1ccnnc1)c1ccc2ncsc2c1. The van der Waals surface area contributed by atoms with Crippen molar-refractivity contribution in [2.75, 3.05) is 0 Å². The van der Waals surface area contributed by atoms with Crippen molar-refractivity contribution in [1.82, 2.24) is 20.5 Å². The van der Waals surface area contributed by atoms with Gasteiger partial charge in [0.2, 0.25) is 0 Å². The summed E-state index contributed by atoms with van der Waals surface area (Å²) >= 11 is 1.59. The summed E-state index contributed by atoms with van der Waals surface area (Å²) in [5, 5.41) is 10.3. The van der Waals surface area contributed by atoms with Crippen LogP contribution in [-0.4, -0.2) is 21.1 Å². The second-order valence-electron chi connectivity index (χ2n) is 4.41. The third kappa shape index (κ3) is 2.50. The maximum absolute atomic E-state index is 12.1. The number of aromatic nitrogens is 3. The molecule has 0 aliphatic rings. The number of nitrogens with one attached hydrogen (secondary N) is 1. The summed E-state index contributed by atoms with van der Waals surface area (Å²) < 4.78 is 1.12. The van der Waals surface area contributed by atoms with Gasteiger partial charge in [-0.3, -0.25) is 4.79 Å². The zero-order chi connectivity index (χ0) is 13.9. The minimum Gasteiger partial charge on any atom is -0.345 e. The maximum atomic E-state index is 12.1. The highest BCUT2D eigenvalue weighted by molar-refractivity contribution is 7.16. The second kappa shape index (κ2) is 5.34. The molecule has 100 valence electrons. The molecule has 0 spiro atoms. The van der Waals surface area contributed by atoms with Gasteiger partial charge in [0.05, 0.1) is 39.7 Å². The van der Waals surface area contributed by atoms with Crippen LogP contribution in [0.25, 0.3) is 10.2 Å². The number of fused-ring (bicyclic) bond motifs is 1. The normalized spacial score (nSPS) is 12.2. The summed E-state index contributed by atoms with van der Waals surface area (Å²) in [5.41, 5.74) is 4.36. The Morgan fingerprint density at radius 3 is 3.00 bits per heavy atom. The van der Waals surface area contributed by atoms with Crippen LogP contribution in [-0.2, 0) is 0 Å². The highest BCUT2D eigenvalue weighted by atomic mass is 32.1. The number of carbonyl (C=O) groups excluding carboxylic acids is 1. The number of thiazole rings is 1. The molecule has 3 rings (SSSR count). The molecule has 0 bridgehead atoms. The monoisotopic (exact) mass is 284 g/mol. The van der Waals surface area contributed by atoms with Gasteiger partial charge in [-0.05, 0) is 30.7 Å². The fourth-order valence-electron chi connectivity index (χ4n) is 1.93. The molecule has 3 aromatic rings. The molecule has 1 aromatic carbocycles. The number of hydrogen-bond acceptors (Lipinski definition) is 5. The van der Waals surface area contributed by atoms with Crippen molar-refractivity contribution in [2.24, 2.45) is 0 Å². The van der Waals surface area contributed by atoms with E-state index < -0.39 is 0 Å². The topological polar surface area (TPSA) is 67.8 Å². The lowest BCUT2D eigenvalue weighted by atomic mass is 10.1. The van der Waals surface area contributed by atoms with Crippen molar-refractivity contribution < 1.29 is 4.79 Å². The molecule has 0 unspecified atom stereocenters. The van der Waals surface area contributed by atoms with Crippen LogP contribution in [0.3, 0.4) is 0 Å². The number of carbonyl (C=O) groups is 1. The summed E-state index contributed by atoms with van der Waals surface area (Å²) in [6.45, 7) is 1.95. The minimum absolute atomic E-state index is 0.0813. The van der Waals surface area contributed by atoms with E-state index in [0.717, 1.165) is 15.8 Å². The van der Waals surface area contributed by atoms with Crippen LogP contribution in [0.1, 0.15) is 28.9 Å². The van der Waals surface area contributed by atoms with Gasteiger partial charge in [0, 0.05) is 0 Å². The van der Waals surface area contributed by atoms with Gasteiger partial charge in [0.1, 0.15) is 0 Å². The third-order valence-corrected chi connectivity index (χ3v) is 3.84. The molecule has 1 atom stereocenters. The fraction of sp³-hybridized carbons (Fsp3) is 0.143. The number of benzene rings is 1. The van der Waals surface area contributed by atoms with E-state index in [1.54, 1.807) is 17.4 Å². The van der Waals surface area contributed by atoms with Gasteiger partial charge in [0.25, 0.3) is 5.91 Å². The first-order valence-electron chi connectivity index (χ1n) is 6.15. The Balaban J connectivity index is 1.78. The maximum Gasteiger partial charge on any atom is 0.253 e. The van der Waals surface area contributed by atoms with E-state index in [1.165, 1.54) is 12.4 Å². The van der Waals surface area contributed by atoms with Gasteiger partial charge in [-0.25, -0.2) is 4.98 Å². The largest absolute Gasteiger partial charge is 0.345 e. The predicted octanol–water partition coefficient (Wildman–Crippen LogP) is 2.58. The van der Waals surface area contributed by atoms with Gasteiger partial charge in [-0.2, -0.15) is 10.2 Å². The quantitative estimate of drug-likeness (QED) is 0.802. The van der Waals surface area contributed by atoms with E-state index in [9.17, 15) is 4.79 Å². The van der Waals surface area contributed by atoms with Crippen molar-refractivity contribution in [3.63, 3.8) is 0 Å². The van der Waals surface area contributed by atoms with Crippen LogP contribution in [0, 0.1) is 0 Å². The van der Waals surface area contributed by atoms with Gasteiger partial charge >= 0.3 is 0 Å². The zero-order valence-electron chi connectivity index (χ0n) is 10.8. The second-order valence-corrected chi connectivity index (χ2v) is 5.29. The van der Waals surface area contributed by atoms with Crippen molar-refractivity contribution in [2.45, 2.75) is 13.0 Å². The van der Waals surface area contributed by atoms with E-state index in [1.807, 2.05) is 24.6 Å². The lowest BCUT2D eigenvalue weighted by molar-refractivity contribution is 0.0939. The number of nitrogens with zero attached hydrogens (tertiary/aromatic N) is 3. The highest BCUT2D eigenvalue weighted by Crippen LogP contribution is 2.22. The first-order valence-corrected chi connectivity index (χ1v) is 7.03. The van der Waals surface area contributed by atoms with E-state index >= 15 is 0 Å². The van der Waals surface area contributed by atoms with E-state index in [0.29, 0.717) is 5.56 Å². The predicted molar refractivity (Wildman–Crippen MR) is 77.5 cm³/mol. The Morgan fingerprint density at radius 2 is 2.20 bits per heavy atom. The van der Waals surface area contributed by atoms with Gasteiger partial charge in [0.15, 0.2) is 0 Å². The highest BCUT2D eigenvalue weighted by Gasteiger charge is 2.12. The Kier molecular flexibility index (Phi) is 3.39. The van der Waals surface area contributed by atoms with E-state index in [2.05, 4.69) is 26.6 Å². The molecule has 2 aromatic heterocycles. The smallest absolute Gasteiger partial charge is 0.253 e. The molecule has 0 aliphatic carbocycles. The van der Waals surface area contributed by atoms with Gasteiger partial charge < -0.3 is 5.32 Å². The number of rotatable bonds is 3. The summed E-state index contributed by atoms with van der Waals surface area (Å²) in [6.07, 6.45) is 2.96. The third-order valence-electron chi connectivity index (χ3n) is 3.05. The molecule has 0 saturated heterocycles. The van der Waals surface area contributed by atoms with Crippen LogP contribution in [0.5, 0.6) is 0 Å². The van der Waals surface area contributed by atoms with Crippen LogP contribution >= 0.6 is 11.3 Å². The Bertz CT molecular complexity index is 741. The summed E-state index contributed by atoms with van der Waals surface area (Å²) in [7, 11) is 0. The van der Waals surface area contributed by atoms with Gasteiger partial charge in [-0.1, -0.05) is 6.07 Å². The summed E-state index contributed by atoms with van der Waals surface area (Å²) in [6, 6.07) is 7.57. The van der Waals surface area contributed by atoms with Crippen LogP contribution in [0.15, 0.2) is 42.2 Å². The molecule has 0 saturated carbocycles. The molecule has 1 N–H and O–H groups in total. The molecular weight excluding hydrogens is 272 g/mol. The first kappa shape index (κ1) is 12.7. The first-order chi connectivity index (χ1) is 9.74. The minimum atomic E-state index is -0.156. The van der Waals surface area contributed by atoms with Crippen molar-refractivity contribution in [1.29, 1.82) is 0 Å². The fourth-order valence-corrected chi connectivity index (χ4v) is 2.65. The molecule has 5 nitrogen and oxygen atoms in total. The molecule has 0 radical (unpaired) electrons. The average Bonchev–Trinajstić information content (AvgIpc) is 2.95. The summed E-state index contributed by atoms with van der Waals surface area (Å²) in [4.78, 5) is 16.3. The number of amides is 1. The van der Waals surface area contributed by atoms with Gasteiger partial charge in [-0.15, -0.1) is 11.3 Å². The Labute approximate surface area is 119 Å². The summed E-state index contributed by atoms with van der Waals surface area (Å²) in [5.74, 6) is -0.156. The van der Waals surface area contributed by atoms with Crippen LogP contribution in [0.2, 0.25) is 0 Å². The molecule has 0 aliphatic heterocycles. The van der Waals surface area contributed by atoms with E-state index in [-0.39, 0.29) is 11.9 Å². The molecule has 1 amide bonds. The molecule has 20 heavy (non-hydrogen) atoms. The Morgan fingerprint density at radius 1 is 1.30 bits per heavy atom. The van der Waals surface area contributed by atoms with E-state index in [4.69, 9.17) is 0 Å². The van der Waals surface area contributed by atoms with Crippen molar-refractivity contribution >= 4 is 27.5 Å². The van der Waals surface area contributed by atoms with Crippen LogP contribution in [0.4, 0.5) is 0 Å². The standard InChI is InChI=1S/C14H12N4OS/c1-9(18-14(19)11-4-5-16-17-7-11)10-2-3-12-13(6-10)20-8-15-12/h2-9H,1H3,(H,18,19)/t9-/m0/s1. The molecule has 0 fully saturated rings. The average molecular weight is 284 g/mol. The molecular formula is C14H12N4OS. The van der Waals surface area contributed by atoms with Crippen molar-refractivity contribution in [3.05, 3.63) is 53.3 Å². The molecule has 2 heterocycles. The number of hydrogen-bond donors (Lipinski definition) is 1. The molecule has 6 heteroatoms. The zero-order valence-corrected chi connectivity index (χ0v) is 11.6. The van der Waals surface area contributed by atoms with Crippen LogP contribution < -0.4 is 5.32 Å². The van der Waals surface area contributed by atoms with Crippen molar-refractivity contribution in [3.8, 4) is 0 Å². The Hall–Kier alpha value is -2.34. The lowest BCUT2D eigenvalue weighted by Gasteiger charge is -2.14.